The minimum Gasteiger partial charge on any atom is -0.378 e. The first-order chi connectivity index (χ1) is 5.83. The molecule has 0 aromatic heterocycles. The third-order valence-corrected chi connectivity index (χ3v) is 1.30. The standard InChI is InChI=1S/C10H9FO/c11-8-10(12)7-6-9-4-2-1-3-5-9/h1-5,10,12H,8H2/t10-/m0/s1. The Morgan fingerprint density at radius 1 is 1.33 bits per heavy atom. The van der Waals surface area contributed by atoms with Crippen molar-refractivity contribution in [1.29, 1.82) is 0 Å². The zero-order valence-corrected chi connectivity index (χ0v) is 6.50. The minimum atomic E-state index is -1.16. The Labute approximate surface area is 70.9 Å². The second kappa shape index (κ2) is 4.53. The van der Waals surface area contributed by atoms with E-state index in [0.29, 0.717) is 0 Å². The lowest BCUT2D eigenvalue weighted by Crippen LogP contribution is -2.04. The molecule has 1 aromatic rings. The van der Waals surface area contributed by atoms with Gasteiger partial charge >= 0.3 is 0 Å². The van der Waals surface area contributed by atoms with Crippen molar-refractivity contribution in [3.63, 3.8) is 0 Å². The summed E-state index contributed by atoms with van der Waals surface area (Å²) < 4.78 is 11.7. The number of aliphatic hydroxyl groups is 1. The molecule has 1 N–H and O–H groups in total. The maximum absolute atomic E-state index is 11.7. The van der Waals surface area contributed by atoms with E-state index in [1.807, 2.05) is 18.2 Å². The molecular weight excluding hydrogens is 155 g/mol. The number of aliphatic hydroxyl groups excluding tert-OH is 1. The fraction of sp³-hybridized carbons (Fsp3) is 0.200. The highest BCUT2D eigenvalue weighted by molar-refractivity contribution is 5.34. The quantitative estimate of drug-likeness (QED) is 0.621. The summed E-state index contributed by atoms with van der Waals surface area (Å²) in [4.78, 5) is 0. The van der Waals surface area contributed by atoms with Crippen molar-refractivity contribution in [2.75, 3.05) is 6.67 Å². The Balaban J connectivity index is 2.67. The van der Waals surface area contributed by atoms with Gasteiger partial charge in [0.05, 0.1) is 0 Å². The van der Waals surface area contributed by atoms with Crippen LogP contribution in [0.15, 0.2) is 30.3 Å². The Kier molecular flexibility index (Phi) is 3.31. The van der Waals surface area contributed by atoms with Crippen LogP contribution >= 0.6 is 0 Å². The molecule has 0 fully saturated rings. The summed E-state index contributed by atoms with van der Waals surface area (Å²) in [5.74, 6) is 5.03. The Hall–Kier alpha value is -1.33. The number of alkyl halides is 1. The topological polar surface area (TPSA) is 20.2 Å². The first kappa shape index (κ1) is 8.76. The normalized spacial score (nSPS) is 11.5. The predicted octanol–water partition coefficient (Wildman–Crippen LogP) is 1.37. The van der Waals surface area contributed by atoms with Gasteiger partial charge in [0, 0.05) is 5.56 Å². The first-order valence-corrected chi connectivity index (χ1v) is 3.63. The van der Waals surface area contributed by atoms with Crippen LogP contribution in [0.3, 0.4) is 0 Å². The summed E-state index contributed by atoms with van der Waals surface area (Å²) in [7, 11) is 0. The largest absolute Gasteiger partial charge is 0.378 e. The minimum absolute atomic E-state index is 0.782. The average Bonchev–Trinajstić information content (AvgIpc) is 2.16. The van der Waals surface area contributed by atoms with Gasteiger partial charge in [-0.05, 0) is 12.1 Å². The molecule has 1 atom stereocenters. The SMILES string of the molecule is O[C@@H](C#Cc1ccccc1)CF. The van der Waals surface area contributed by atoms with Crippen LogP contribution in [0.5, 0.6) is 0 Å². The van der Waals surface area contributed by atoms with E-state index < -0.39 is 12.8 Å². The molecule has 12 heavy (non-hydrogen) atoms. The van der Waals surface area contributed by atoms with Crippen LogP contribution < -0.4 is 0 Å². The highest BCUT2D eigenvalue weighted by atomic mass is 19.1. The summed E-state index contributed by atoms with van der Waals surface area (Å²) in [5.41, 5.74) is 0.782. The third-order valence-electron chi connectivity index (χ3n) is 1.30. The van der Waals surface area contributed by atoms with Crippen LogP contribution in [0.2, 0.25) is 0 Å². The van der Waals surface area contributed by atoms with Crippen molar-refractivity contribution < 1.29 is 9.50 Å². The van der Waals surface area contributed by atoms with E-state index in [1.54, 1.807) is 12.1 Å². The maximum Gasteiger partial charge on any atom is 0.143 e. The molecule has 0 saturated carbocycles. The van der Waals surface area contributed by atoms with Gasteiger partial charge in [-0.3, -0.25) is 0 Å². The van der Waals surface area contributed by atoms with Crippen molar-refractivity contribution in [3.8, 4) is 11.8 Å². The van der Waals surface area contributed by atoms with E-state index in [-0.39, 0.29) is 0 Å². The molecule has 0 unspecified atom stereocenters. The van der Waals surface area contributed by atoms with Gasteiger partial charge in [-0.1, -0.05) is 30.0 Å². The molecule has 0 amide bonds. The molecule has 1 aromatic carbocycles. The molecular formula is C10H9FO. The highest BCUT2D eigenvalue weighted by Gasteiger charge is 1.93. The molecule has 2 heteroatoms. The fourth-order valence-electron chi connectivity index (χ4n) is 0.727. The van der Waals surface area contributed by atoms with Gasteiger partial charge < -0.3 is 5.11 Å². The maximum atomic E-state index is 11.7. The lowest BCUT2D eigenvalue weighted by Gasteiger charge is -1.91. The van der Waals surface area contributed by atoms with E-state index in [0.717, 1.165) is 5.56 Å². The smallest absolute Gasteiger partial charge is 0.143 e. The fourth-order valence-corrected chi connectivity index (χ4v) is 0.727. The lowest BCUT2D eigenvalue weighted by atomic mass is 10.2. The van der Waals surface area contributed by atoms with Crippen molar-refractivity contribution in [3.05, 3.63) is 35.9 Å². The summed E-state index contributed by atoms with van der Waals surface area (Å²) in [5, 5.41) is 8.77. The summed E-state index contributed by atoms with van der Waals surface area (Å²) in [6.07, 6.45) is -1.16. The first-order valence-electron chi connectivity index (χ1n) is 3.63. The molecule has 0 bridgehead atoms. The molecule has 0 saturated heterocycles. The zero-order chi connectivity index (χ0) is 8.81. The number of hydrogen-bond acceptors (Lipinski definition) is 1. The Morgan fingerprint density at radius 2 is 2.00 bits per heavy atom. The van der Waals surface area contributed by atoms with Gasteiger partial charge in [-0.2, -0.15) is 0 Å². The van der Waals surface area contributed by atoms with Crippen LogP contribution in [0, 0.1) is 11.8 Å². The van der Waals surface area contributed by atoms with Crippen LogP contribution in [0.1, 0.15) is 5.56 Å². The summed E-state index contributed by atoms with van der Waals surface area (Å²) in [6, 6.07) is 9.16. The van der Waals surface area contributed by atoms with Crippen molar-refractivity contribution in [2.24, 2.45) is 0 Å². The molecule has 0 heterocycles. The van der Waals surface area contributed by atoms with Crippen LogP contribution in [-0.2, 0) is 0 Å². The highest BCUT2D eigenvalue weighted by Crippen LogP contribution is 1.95. The predicted molar refractivity (Wildman–Crippen MR) is 45.3 cm³/mol. The average molecular weight is 164 g/mol. The number of halogens is 1. The van der Waals surface area contributed by atoms with Gasteiger partial charge in [0.15, 0.2) is 0 Å². The van der Waals surface area contributed by atoms with Gasteiger partial charge in [-0.25, -0.2) is 4.39 Å². The van der Waals surface area contributed by atoms with Crippen molar-refractivity contribution >= 4 is 0 Å². The van der Waals surface area contributed by atoms with E-state index >= 15 is 0 Å². The van der Waals surface area contributed by atoms with Gasteiger partial charge in [0.2, 0.25) is 0 Å². The molecule has 1 rings (SSSR count). The molecule has 0 aliphatic heterocycles. The van der Waals surface area contributed by atoms with Gasteiger partial charge in [-0.15, -0.1) is 0 Å². The summed E-state index contributed by atoms with van der Waals surface area (Å²) in [6.45, 7) is -0.820. The molecule has 62 valence electrons. The number of benzene rings is 1. The second-order valence-electron chi connectivity index (χ2n) is 2.31. The molecule has 0 radical (unpaired) electrons. The molecule has 0 aliphatic rings. The summed E-state index contributed by atoms with van der Waals surface area (Å²) >= 11 is 0. The van der Waals surface area contributed by atoms with Crippen molar-refractivity contribution in [1.82, 2.24) is 0 Å². The second-order valence-corrected chi connectivity index (χ2v) is 2.31. The number of rotatable bonds is 1. The van der Waals surface area contributed by atoms with E-state index in [1.165, 1.54) is 0 Å². The Bertz CT molecular complexity index is 284. The molecule has 0 spiro atoms. The van der Waals surface area contributed by atoms with E-state index in [9.17, 15) is 4.39 Å². The number of hydrogen-bond donors (Lipinski definition) is 1. The Morgan fingerprint density at radius 3 is 2.58 bits per heavy atom. The van der Waals surface area contributed by atoms with Crippen LogP contribution in [0.25, 0.3) is 0 Å². The molecule has 1 nitrogen and oxygen atoms in total. The van der Waals surface area contributed by atoms with Crippen LogP contribution in [-0.4, -0.2) is 17.9 Å². The lowest BCUT2D eigenvalue weighted by molar-refractivity contribution is 0.192. The monoisotopic (exact) mass is 164 g/mol. The van der Waals surface area contributed by atoms with Gasteiger partial charge in [0.1, 0.15) is 12.8 Å². The van der Waals surface area contributed by atoms with Gasteiger partial charge in [0.25, 0.3) is 0 Å². The third kappa shape index (κ3) is 2.73. The van der Waals surface area contributed by atoms with E-state index in [2.05, 4.69) is 11.8 Å². The van der Waals surface area contributed by atoms with Crippen molar-refractivity contribution in [2.45, 2.75) is 6.10 Å². The molecule has 0 aliphatic carbocycles. The van der Waals surface area contributed by atoms with E-state index in [4.69, 9.17) is 5.11 Å². The van der Waals surface area contributed by atoms with Crippen LogP contribution in [0.4, 0.5) is 4.39 Å². The zero-order valence-electron chi connectivity index (χ0n) is 6.50.